The molecule has 1 saturated carbocycles. The number of hydrogen-bond acceptors (Lipinski definition) is 4. The third kappa shape index (κ3) is 1.86. The number of benzene rings is 1. The van der Waals surface area contributed by atoms with Gasteiger partial charge in [-0.3, -0.25) is 9.78 Å². The van der Waals surface area contributed by atoms with Gasteiger partial charge in [-0.25, -0.2) is 13.2 Å². The minimum absolute atomic E-state index is 0.123. The van der Waals surface area contributed by atoms with Gasteiger partial charge in [0.15, 0.2) is 17.5 Å². The number of esters is 1. The summed E-state index contributed by atoms with van der Waals surface area (Å²) in [4.78, 5) is 15.2. The van der Waals surface area contributed by atoms with Crippen LogP contribution in [0.3, 0.4) is 0 Å². The molecule has 0 atom stereocenters. The molecule has 20 heavy (non-hydrogen) atoms. The van der Waals surface area contributed by atoms with Gasteiger partial charge >= 0.3 is 5.97 Å². The van der Waals surface area contributed by atoms with Gasteiger partial charge < -0.3 is 10.5 Å². The van der Waals surface area contributed by atoms with Gasteiger partial charge in [0.1, 0.15) is 11.3 Å². The summed E-state index contributed by atoms with van der Waals surface area (Å²) in [6.45, 7) is 0. The Bertz CT molecular complexity index is 729. The van der Waals surface area contributed by atoms with Gasteiger partial charge in [0, 0.05) is 6.20 Å². The molecule has 1 heterocycles. The van der Waals surface area contributed by atoms with Crippen molar-refractivity contribution >= 4 is 22.6 Å². The molecule has 1 fully saturated rings. The first-order valence-electron chi connectivity index (χ1n) is 5.93. The van der Waals surface area contributed by atoms with Crippen LogP contribution in [-0.2, 0) is 4.79 Å². The number of nitrogen functional groups attached to an aromatic ring is 1. The average molecular weight is 282 g/mol. The van der Waals surface area contributed by atoms with Gasteiger partial charge in [-0.1, -0.05) is 0 Å². The summed E-state index contributed by atoms with van der Waals surface area (Å²) in [7, 11) is 0. The van der Waals surface area contributed by atoms with E-state index in [4.69, 9.17) is 10.5 Å². The maximum absolute atomic E-state index is 13.7. The van der Waals surface area contributed by atoms with Crippen LogP contribution in [0.25, 0.3) is 10.9 Å². The molecular formula is C13H9F3N2O2. The minimum Gasteiger partial charge on any atom is -0.425 e. The molecule has 0 spiro atoms. The second-order valence-electron chi connectivity index (χ2n) is 4.58. The number of hydrogen-bond donors (Lipinski definition) is 1. The molecule has 4 nitrogen and oxygen atoms in total. The average Bonchev–Trinajstić information content (AvgIpc) is 3.27. The topological polar surface area (TPSA) is 65.2 Å². The van der Waals surface area contributed by atoms with E-state index in [-0.39, 0.29) is 17.1 Å². The summed E-state index contributed by atoms with van der Waals surface area (Å²) < 4.78 is 45.5. The molecule has 7 heteroatoms. The summed E-state index contributed by atoms with van der Waals surface area (Å²) >= 11 is 0. The number of ether oxygens (including phenoxy) is 1. The number of anilines is 1. The van der Waals surface area contributed by atoms with Crippen LogP contribution in [0.15, 0.2) is 12.3 Å². The molecule has 0 unspecified atom stereocenters. The van der Waals surface area contributed by atoms with E-state index in [1.807, 2.05) is 0 Å². The molecule has 0 aliphatic heterocycles. The van der Waals surface area contributed by atoms with Gasteiger partial charge in [-0.2, -0.15) is 0 Å². The smallest absolute Gasteiger partial charge is 0.314 e. The van der Waals surface area contributed by atoms with Crippen LogP contribution in [0, 0.1) is 23.4 Å². The number of pyridine rings is 1. The zero-order chi connectivity index (χ0) is 14.4. The van der Waals surface area contributed by atoms with Crippen molar-refractivity contribution in [3.8, 4) is 5.75 Å². The lowest BCUT2D eigenvalue weighted by Crippen LogP contribution is -2.11. The molecule has 1 aliphatic rings. The second-order valence-corrected chi connectivity index (χ2v) is 4.58. The largest absolute Gasteiger partial charge is 0.425 e. The van der Waals surface area contributed by atoms with E-state index in [2.05, 4.69) is 4.98 Å². The van der Waals surface area contributed by atoms with E-state index in [0.717, 1.165) is 6.20 Å². The van der Waals surface area contributed by atoms with E-state index >= 15 is 0 Å². The van der Waals surface area contributed by atoms with Crippen molar-refractivity contribution in [3.05, 3.63) is 29.7 Å². The summed E-state index contributed by atoms with van der Waals surface area (Å²) in [5, 5.41) is -0.238. The highest BCUT2D eigenvalue weighted by Crippen LogP contribution is 2.37. The Morgan fingerprint density at radius 2 is 1.95 bits per heavy atom. The van der Waals surface area contributed by atoms with Crippen LogP contribution in [-0.4, -0.2) is 11.0 Å². The normalized spacial score (nSPS) is 14.6. The van der Waals surface area contributed by atoms with Crippen LogP contribution >= 0.6 is 0 Å². The quantitative estimate of drug-likeness (QED) is 0.522. The van der Waals surface area contributed by atoms with Gasteiger partial charge in [-0.05, 0) is 18.9 Å². The molecule has 2 aromatic rings. The number of fused-ring (bicyclic) bond motifs is 1. The first-order valence-corrected chi connectivity index (χ1v) is 5.93. The molecule has 1 aromatic heterocycles. The molecule has 0 bridgehead atoms. The van der Waals surface area contributed by atoms with Crippen molar-refractivity contribution in [1.29, 1.82) is 0 Å². The van der Waals surface area contributed by atoms with Crippen molar-refractivity contribution in [3.63, 3.8) is 0 Å². The summed E-state index contributed by atoms with van der Waals surface area (Å²) in [5.41, 5.74) is 4.34. The van der Waals surface area contributed by atoms with Crippen LogP contribution < -0.4 is 10.5 Å². The lowest BCUT2D eigenvalue weighted by atomic mass is 10.1. The molecule has 2 N–H and O–H groups in total. The Hall–Kier alpha value is -2.31. The van der Waals surface area contributed by atoms with Gasteiger partial charge in [0.25, 0.3) is 0 Å². The fourth-order valence-electron chi connectivity index (χ4n) is 1.89. The monoisotopic (exact) mass is 282 g/mol. The van der Waals surface area contributed by atoms with E-state index in [0.29, 0.717) is 12.8 Å². The fraction of sp³-hybridized carbons (Fsp3) is 0.231. The summed E-state index contributed by atoms with van der Waals surface area (Å²) in [6.07, 6.45) is 2.57. The first kappa shape index (κ1) is 12.7. The van der Waals surface area contributed by atoms with Crippen molar-refractivity contribution in [2.75, 3.05) is 5.73 Å². The third-order valence-corrected chi connectivity index (χ3v) is 3.13. The number of rotatable bonds is 2. The Morgan fingerprint density at radius 1 is 1.25 bits per heavy atom. The number of carbonyl (C=O) groups excluding carboxylic acids is 1. The molecule has 3 rings (SSSR count). The zero-order valence-electron chi connectivity index (χ0n) is 10.1. The summed E-state index contributed by atoms with van der Waals surface area (Å²) in [6, 6.07) is 1.26. The van der Waals surface area contributed by atoms with Crippen molar-refractivity contribution in [2.24, 2.45) is 5.92 Å². The number of halogens is 3. The van der Waals surface area contributed by atoms with Crippen LogP contribution in [0.5, 0.6) is 5.75 Å². The van der Waals surface area contributed by atoms with E-state index < -0.39 is 34.6 Å². The number of aromatic nitrogens is 1. The van der Waals surface area contributed by atoms with Gasteiger partial charge in [0.2, 0.25) is 0 Å². The minimum atomic E-state index is -1.70. The Balaban J connectivity index is 2.20. The maximum atomic E-state index is 13.7. The van der Waals surface area contributed by atoms with Crippen molar-refractivity contribution < 1.29 is 22.7 Å². The molecule has 104 valence electrons. The molecule has 0 saturated heterocycles. The number of nitrogens with two attached hydrogens (primary N) is 1. The molecule has 1 aliphatic carbocycles. The zero-order valence-corrected chi connectivity index (χ0v) is 10.1. The predicted octanol–water partition coefficient (Wildman–Crippen LogP) is 2.55. The number of nitrogens with zero attached hydrogens (tertiary/aromatic N) is 1. The van der Waals surface area contributed by atoms with Gasteiger partial charge in [0.05, 0.1) is 17.0 Å². The Kier molecular flexibility index (Phi) is 2.77. The first-order chi connectivity index (χ1) is 9.50. The fourth-order valence-corrected chi connectivity index (χ4v) is 1.89. The van der Waals surface area contributed by atoms with Crippen LogP contribution in [0.1, 0.15) is 12.8 Å². The second kappa shape index (κ2) is 4.36. The lowest BCUT2D eigenvalue weighted by molar-refractivity contribution is -0.135. The standard InChI is InChI=1S/C13H9F3N2O2/c14-8-9(15)11(17)7-6(20-13(19)5-1-2-5)3-4-18-12(7)10(8)16/h3-5H,1-2,17H2. The highest BCUT2D eigenvalue weighted by atomic mass is 19.2. The van der Waals surface area contributed by atoms with Gasteiger partial charge in [-0.15, -0.1) is 0 Å². The van der Waals surface area contributed by atoms with Crippen LogP contribution in [0.4, 0.5) is 18.9 Å². The van der Waals surface area contributed by atoms with E-state index in [9.17, 15) is 18.0 Å². The SMILES string of the molecule is Nc1c(F)c(F)c(F)c2nccc(OC(=O)C3CC3)c12. The van der Waals surface area contributed by atoms with Crippen LogP contribution in [0.2, 0.25) is 0 Å². The molecule has 1 aromatic carbocycles. The molecular weight excluding hydrogens is 273 g/mol. The summed E-state index contributed by atoms with van der Waals surface area (Å²) in [5.74, 6) is -5.50. The van der Waals surface area contributed by atoms with Crippen molar-refractivity contribution in [2.45, 2.75) is 12.8 Å². The van der Waals surface area contributed by atoms with E-state index in [1.165, 1.54) is 6.07 Å². The molecule has 0 radical (unpaired) electrons. The highest BCUT2D eigenvalue weighted by Gasteiger charge is 2.32. The molecule has 0 amide bonds. The number of carbonyl (C=O) groups is 1. The third-order valence-electron chi connectivity index (χ3n) is 3.13. The van der Waals surface area contributed by atoms with E-state index in [1.54, 1.807) is 0 Å². The predicted molar refractivity (Wildman–Crippen MR) is 64.4 cm³/mol. The highest BCUT2D eigenvalue weighted by molar-refractivity contribution is 5.97. The lowest BCUT2D eigenvalue weighted by Gasteiger charge is -2.10. The Morgan fingerprint density at radius 3 is 2.60 bits per heavy atom. The Labute approximate surface area is 111 Å². The van der Waals surface area contributed by atoms with Crippen molar-refractivity contribution in [1.82, 2.24) is 4.98 Å². The maximum Gasteiger partial charge on any atom is 0.314 e.